The van der Waals surface area contributed by atoms with Crippen molar-refractivity contribution in [1.82, 2.24) is 0 Å². The van der Waals surface area contributed by atoms with Crippen LogP contribution in [0.4, 0.5) is 0 Å². The Labute approximate surface area is 74.4 Å². The average molecular weight is 173 g/mol. The Morgan fingerprint density at radius 2 is 2.09 bits per heavy atom. The summed E-state index contributed by atoms with van der Waals surface area (Å²) < 4.78 is 0. The first-order valence-electron chi connectivity index (χ1n) is 3.93. The number of hydrogen-bond acceptors (Lipinski definition) is 2. The van der Waals surface area contributed by atoms with Crippen LogP contribution >= 0.6 is 11.8 Å². The minimum atomic E-state index is -0.0280. The molecule has 0 aliphatic rings. The molecule has 0 unspecified atom stereocenters. The van der Waals surface area contributed by atoms with Gasteiger partial charge in [0.1, 0.15) is 0 Å². The monoisotopic (exact) mass is 173 g/mol. The summed E-state index contributed by atoms with van der Waals surface area (Å²) >= 11 is 1.90. The fraction of sp³-hybridized carbons (Fsp3) is 0.778. The van der Waals surface area contributed by atoms with Crippen molar-refractivity contribution < 1.29 is 0 Å². The second-order valence-corrected chi connectivity index (χ2v) is 4.85. The molecule has 0 rings (SSSR count). The van der Waals surface area contributed by atoms with Crippen LogP contribution in [0.25, 0.3) is 0 Å². The molecular formula is C9H19NS. The molecule has 0 amide bonds. The van der Waals surface area contributed by atoms with Gasteiger partial charge in [0, 0.05) is 11.3 Å². The van der Waals surface area contributed by atoms with Crippen molar-refractivity contribution in [1.29, 1.82) is 0 Å². The molecule has 0 aromatic heterocycles. The number of thioether (sulfide) groups is 1. The second-order valence-electron chi connectivity index (χ2n) is 3.75. The van der Waals surface area contributed by atoms with Crippen molar-refractivity contribution in [2.45, 2.75) is 32.7 Å². The molecule has 0 atom stereocenters. The smallest absolute Gasteiger partial charge is 0.0188 e. The van der Waals surface area contributed by atoms with Crippen molar-refractivity contribution >= 4 is 11.8 Å². The van der Waals surface area contributed by atoms with Gasteiger partial charge in [0.15, 0.2) is 0 Å². The largest absolute Gasteiger partial charge is 0.325 e. The lowest BCUT2D eigenvalue weighted by Crippen LogP contribution is -2.34. The van der Waals surface area contributed by atoms with Gasteiger partial charge in [0.05, 0.1) is 0 Å². The van der Waals surface area contributed by atoms with Gasteiger partial charge in [-0.2, -0.15) is 11.8 Å². The highest BCUT2D eigenvalue weighted by Gasteiger charge is 2.09. The summed E-state index contributed by atoms with van der Waals surface area (Å²) in [5.74, 6) is 2.18. The molecule has 0 aromatic rings. The summed E-state index contributed by atoms with van der Waals surface area (Å²) in [5.41, 5.74) is 7.04. The van der Waals surface area contributed by atoms with Crippen LogP contribution in [0, 0.1) is 0 Å². The Bertz CT molecular complexity index is 124. The van der Waals surface area contributed by atoms with Crippen molar-refractivity contribution in [2.24, 2.45) is 5.73 Å². The Morgan fingerprint density at radius 3 is 2.45 bits per heavy atom. The fourth-order valence-electron chi connectivity index (χ4n) is 0.582. The van der Waals surface area contributed by atoms with Crippen LogP contribution in [-0.4, -0.2) is 17.0 Å². The Hall–Kier alpha value is 0.0500. The molecule has 0 aliphatic carbocycles. The summed E-state index contributed by atoms with van der Waals surface area (Å²) in [6.45, 7) is 10.0. The lowest BCUT2D eigenvalue weighted by Gasteiger charge is -2.17. The maximum Gasteiger partial charge on any atom is 0.0188 e. The third kappa shape index (κ3) is 10.1. The van der Waals surface area contributed by atoms with Crippen LogP contribution in [0.3, 0.4) is 0 Å². The third-order valence-electron chi connectivity index (χ3n) is 1.15. The van der Waals surface area contributed by atoms with Crippen LogP contribution in [0.1, 0.15) is 27.2 Å². The van der Waals surface area contributed by atoms with Crippen molar-refractivity contribution in [3.63, 3.8) is 0 Å². The molecule has 0 aliphatic heterocycles. The first kappa shape index (κ1) is 11.1. The highest BCUT2D eigenvalue weighted by molar-refractivity contribution is 7.99. The lowest BCUT2D eigenvalue weighted by molar-refractivity contribution is 0.591. The van der Waals surface area contributed by atoms with Gasteiger partial charge in [-0.1, -0.05) is 5.57 Å². The molecule has 0 radical (unpaired) electrons. The van der Waals surface area contributed by atoms with Crippen LogP contribution in [0.15, 0.2) is 12.2 Å². The molecule has 2 heteroatoms. The zero-order chi connectivity index (χ0) is 8.91. The zero-order valence-corrected chi connectivity index (χ0v) is 8.63. The molecule has 0 spiro atoms. The van der Waals surface area contributed by atoms with Crippen LogP contribution in [-0.2, 0) is 0 Å². The molecule has 66 valence electrons. The van der Waals surface area contributed by atoms with Gasteiger partial charge < -0.3 is 5.73 Å². The summed E-state index contributed by atoms with van der Waals surface area (Å²) in [7, 11) is 0. The Balaban J connectivity index is 3.22. The summed E-state index contributed by atoms with van der Waals surface area (Å²) in [6.07, 6.45) is 1.11. The molecule has 0 saturated carbocycles. The number of hydrogen-bond donors (Lipinski definition) is 1. The van der Waals surface area contributed by atoms with Crippen molar-refractivity contribution in [3.05, 3.63) is 12.2 Å². The maximum atomic E-state index is 5.81. The third-order valence-corrected chi connectivity index (χ3v) is 2.59. The predicted molar refractivity (Wildman–Crippen MR) is 55.0 cm³/mol. The van der Waals surface area contributed by atoms with Gasteiger partial charge in [-0.05, 0) is 32.9 Å². The van der Waals surface area contributed by atoms with E-state index in [-0.39, 0.29) is 5.54 Å². The van der Waals surface area contributed by atoms with E-state index in [1.54, 1.807) is 0 Å². The maximum absolute atomic E-state index is 5.81. The number of nitrogens with two attached hydrogens (primary N) is 1. The van der Waals surface area contributed by atoms with Crippen molar-refractivity contribution in [3.8, 4) is 0 Å². The van der Waals surface area contributed by atoms with Gasteiger partial charge >= 0.3 is 0 Å². The highest BCUT2D eigenvalue weighted by Crippen LogP contribution is 2.12. The van der Waals surface area contributed by atoms with Crippen LogP contribution in [0.5, 0.6) is 0 Å². The van der Waals surface area contributed by atoms with Gasteiger partial charge in [0.25, 0.3) is 0 Å². The van der Waals surface area contributed by atoms with E-state index in [1.807, 2.05) is 11.8 Å². The molecule has 0 saturated heterocycles. The minimum Gasteiger partial charge on any atom is -0.325 e. The van der Waals surface area contributed by atoms with E-state index in [9.17, 15) is 0 Å². The predicted octanol–water partition coefficient (Wildman–Crippen LogP) is 2.42. The topological polar surface area (TPSA) is 26.0 Å². The van der Waals surface area contributed by atoms with Crippen molar-refractivity contribution in [2.75, 3.05) is 11.5 Å². The van der Waals surface area contributed by atoms with E-state index in [0.717, 1.165) is 17.9 Å². The average Bonchev–Trinajstić information content (AvgIpc) is 1.78. The van der Waals surface area contributed by atoms with E-state index < -0.39 is 0 Å². The van der Waals surface area contributed by atoms with Gasteiger partial charge in [-0.25, -0.2) is 0 Å². The van der Waals surface area contributed by atoms with E-state index in [4.69, 9.17) is 5.73 Å². The standard InChI is InChI=1S/C9H19NS/c1-8(2)5-6-11-7-9(3,4)10/h1,5-7,10H2,2-4H3. The molecule has 0 bridgehead atoms. The van der Waals surface area contributed by atoms with Gasteiger partial charge in [-0.15, -0.1) is 6.58 Å². The molecule has 0 aromatic carbocycles. The number of allylic oxidation sites excluding steroid dienone is 1. The van der Waals surface area contributed by atoms with E-state index in [2.05, 4.69) is 27.4 Å². The quantitative estimate of drug-likeness (QED) is 0.510. The summed E-state index contributed by atoms with van der Waals surface area (Å²) in [4.78, 5) is 0. The molecular weight excluding hydrogens is 154 g/mol. The molecule has 2 N–H and O–H groups in total. The van der Waals surface area contributed by atoms with Crippen LogP contribution < -0.4 is 5.73 Å². The Kier molecular flexibility index (Phi) is 4.86. The minimum absolute atomic E-state index is 0.0280. The van der Waals surface area contributed by atoms with Crippen LogP contribution in [0.2, 0.25) is 0 Å². The SMILES string of the molecule is C=C(C)CCSCC(C)(C)N. The number of rotatable bonds is 5. The Morgan fingerprint density at radius 1 is 1.55 bits per heavy atom. The molecule has 11 heavy (non-hydrogen) atoms. The summed E-state index contributed by atoms with van der Waals surface area (Å²) in [5, 5.41) is 0. The van der Waals surface area contributed by atoms with Gasteiger partial charge in [0.2, 0.25) is 0 Å². The molecule has 0 fully saturated rings. The molecule has 1 nitrogen and oxygen atoms in total. The molecule has 0 heterocycles. The first-order chi connectivity index (χ1) is 4.92. The van der Waals surface area contributed by atoms with E-state index >= 15 is 0 Å². The normalized spacial score (nSPS) is 11.6. The van der Waals surface area contributed by atoms with Gasteiger partial charge in [-0.3, -0.25) is 0 Å². The van der Waals surface area contributed by atoms with E-state index in [0.29, 0.717) is 0 Å². The zero-order valence-electron chi connectivity index (χ0n) is 7.81. The fourth-order valence-corrected chi connectivity index (χ4v) is 1.74. The lowest BCUT2D eigenvalue weighted by atomic mass is 10.1. The first-order valence-corrected chi connectivity index (χ1v) is 5.08. The second kappa shape index (κ2) is 4.83. The highest BCUT2D eigenvalue weighted by atomic mass is 32.2. The van der Waals surface area contributed by atoms with E-state index in [1.165, 1.54) is 5.57 Å². The summed E-state index contributed by atoms with van der Waals surface area (Å²) in [6, 6.07) is 0.